The van der Waals surface area contributed by atoms with E-state index in [9.17, 15) is 0 Å². The molecule has 22 heavy (non-hydrogen) atoms. The third-order valence-electron chi connectivity index (χ3n) is 3.39. The molecule has 0 aliphatic rings. The Balaban J connectivity index is 1.93. The van der Waals surface area contributed by atoms with Gasteiger partial charge in [0.05, 0.1) is 10.9 Å². The molecule has 2 aromatic carbocycles. The van der Waals surface area contributed by atoms with E-state index in [0.29, 0.717) is 22.3 Å². The van der Waals surface area contributed by atoms with Crippen LogP contribution in [-0.4, -0.2) is 4.98 Å². The first-order chi connectivity index (χ1) is 10.7. The molecule has 3 nitrogen and oxygen atoms in total. The van der Waals surface area contributed by atoms with Crippen molar-refractivity contribution in [1.29, 1.82) is 0 Å². The molecule has 5 heteroatoms. The molecule has 0 radical (unpaired) electrons. The van der Waals surface area contributed by atoms with Crippen LogP contribution in [0.2, 0.25) is 5.02 Å². The van der Waals surface area contributed by atoms with E-state index in [1.807, 2.05) is 47.8 Å². The highest BCUT2D eigenvalue weighted by Crippen LogP contribution is 2.37. The summed E-state index contributed by atoms with van der Waals surface area (Å²) < 4.78 is 7.09. The summed E-state index contributed by atoms with van der Waals surface area (Å²) >= 11 is 7.67. The minimum atomic E-state index is 0.566. The van der Waals surface area contributed by atoms with Gasteiger partial charge in [-0.2, -0.15) is 0 Å². The Morgan fingerprint density at radius 1 is 1.05 bits per heavy atom. The van der Waals surface area contributed by atoms with Crippen LogP contribution in [-0.2, 0) is 0 Å². The number of hydrogen-bond donors (Lipinski definition) is 1. The number of nitrogens with two attached hydrogens (primary N) is 1. The van der Waals surface area contributed by atoms with Gasteiger partial charge in [-0.1, -0.05) is 17.7 Å². The summed E-state index contributed by atoms with van der Waals surface area (Å²) in [5, 5.41) is 4.73. The zero-order valence-corrected chi connectivity index (χ0v) is 13.0. The van der Waals surface area contributed by atoms with Crippen LogP contribution in [0.4, 0.5) is 5.69 Å². The summed E-state index contributed by atoms with van der Waals surface area (Å²) in [6, 6.07) is 15.0. The first-order valence-corrected chi connectivity index (χ1v) is 7.96. The van der Waals surface area contributed by atoms with Crippen molar-refractivity contribution in [1.82, 2.24) is 4.98 Å². The van der Waals surface area contributed by atoms with Crippen molar-refractivity contribution in [2.45, 2.75) is 0 Å². The van der Waals surface area contributed by atoms with E-state index in [1.165, 1.54) is 0 Å². The molecule has 0 saturated carbocycles. The van der Waals surface area contributed by atoms with Gasteiger partial charge in [-0.05, 0) is 47.8 Å². The third kappa shape index (κ3) is 2.26. The van der Waals surface area contributed by atoms with Crippen LogP contribution in [0, 0.1) is 0 Å². The normalized spacial score (nSPS) is 11.1. The van der Waals surface area contributed by atoms with E-state index in [0.717, 1.165) is 21.0 Å². The van der Waals surface area contributed by atoms with Crippen LogP contribution >= 0.6 is 22.9 Å². The Morgan fingerprint density at radius 3 is 2.82 bits per heavy atom. The number of nitrogens with zero attached hydrogens (tertiary/aromatic N) is 1. The fraction of sp³-hybridized carbons (Fsp3) is 0. The molecule has 2 N–H and O–H groups in total. The number of fused-ring (bicyclic) bond motifs is 3. The van der Waals surface area contributed by atoms with Gasteiger partial charge in [0.25, 0.3) is 0 Å². The highest BCUT2D eigenvalue weighted by Gasteiger charge is 2.12. The van der Waals surface area contributed by atoms with Gasteiger partial charge >= 0.3 is 0 Å². The third-order valence-corrected chi connectivity index (χ3v) is 4.58. The van der Waals surface area contributed by atoms with Crippen LogP contribution in [0.15, 0.2) is 53.9 Å². The summed E-state index contributed by atoms with van der Waals surface area (Å²) in [7, 11) is 0. The molecular weight excluding hydrogens is 316 g/mol. The number of ether oxygens (including phenoxy) is 1. The molecule has 2 aromatic heterocycles. The van der Waals surface area contributed by atoms with Crippen molar-refractivity contribution in [3.63, 3.8) is 0 Å². The number of halogens is 1. The summed E-state index contributed by atoms with van der Waals surface area (Å²) in [5.41, 5.74) is 7.38. The molecule has 0 spiro atoms. The standard InChI is InChI=1S/C17H11ClN2OS/c18-10-2-1-3-12(8-10)21-17-14-6-7-22-16(14)13-5-4-11(19)9-15(13)20-17/h1-9H,19H2. The average Bonchev–Trinajstić information content (AvgIpc) is 2.97. The van der Waals surface area contributed by atoms with E-state index in [-0.39, 0.29) is 0 Å². The maximum Gasteiger partial charge on any atom is 0.228 e. The number of hydrogen-bond acceptors (Lipinski definition) is 4. The number of pyridine rings is 1. The first kappa shape index (κ1) is 13.4. The molecule has 0 saturated heterocycles. The van der Waals surface area contributed by atoms with Crippen molar-refractivity contribution >= 4 is 49.6 Å². The number of thiophene rings is 1. The minimum absolute atomic E-state index is 0.566. The van der Waals surface area contributed by atoms with Crippen LogP contribution in [0.3, 0.4) is 0 Å². The Bertz CT molecular complexity index is 996. The van der Waals surface area contributed by atoms with Crippen molar-refractivity contribution < 1.29 is 4.74 Å². The van der Waals surface area contributed by atoms with Gasteiger partial charge in [-0.25, -0.2) is 4.98 Å². The molecule has 4 rings (SSSR count). The van der Waals surface area contributed by atoms with E-state index in [2.05, 4.69) is 4.98 Å². The van der Waals surface area contributed by atoms with E-state index in [1.54, 1.807) is 17.4 Å². The molecule has 0 aliphatic carbocycles. The average molecular weight is 327 g/mol. The smallest absolute Gasteiger partial charge is 0.228 e. The number of aromatic nitrogens is 1. The van der Waals surface area contributed by atoms with Crippen molar-refractivity contribution in [3.05, 3.63) is 58.9 Å². The molecule has 2 heterocycles. The zero-order chi connectivity index (χ0) is 15.1. The summed E-state index contributed by atoms with van der Waals surface area (Å²) in [5.74, 6) is 1.23. The van der Waals surface area contributed by atoms with E-state index < -0.39 is 0 Å². The summed E-state index contributed by atoms with van der Waals surface area (Å²) in [4.78, 5) is 4.62. The maximum absolute atomic E-state index is 6.01. The maximum atomic E-state index is 6.01. The predicted molar refractivity (Wildman–Crippen MR) is 93.1 cm³/mol. The van der Waals surface area contributed by atoms with Gasteiger partial charge in [-0.3, -0.25) is 0 Å². The van der Waals surface area contributed by atoms with Gasteiger partial charge in [0.1, 0.15) is 5.75 Å². The Morgan fingerprint density at radius 2 is 1.95 bits per heavy atom. The Hall–Kier alpha value is -2.30. The van der Waals surface area contributed by atoms with Gasteiger partial charge in [0.15, 0.2) is 0 Å². The molecule has 0 atom stereocenters. The quantitative estimate of drug-likeness (QED) is 0.496. The van der Waals surface area contributed by atoms with Crippen LogP contribution in [0.5, 0.6) is 11.6 Å². The lowest BCUT2D eigenvalue weighted by Gasteiger charge is -2.09. The predicted octanol–water partition coefficient (Wildman–Crippen LogP) is 5.48. The van der Waals surface area contributed by atoms with Crippen LogP contribution < -0.4 is 10.5 Å². The minimum Gasteiger partial charge on any atom is -0.438 e. The summed E-state index contributed by atoms with van der Waals surface area (Å²) in [6.07, 6.45) is 0. The van der Waals surface area contributed by atoms with Gasteiger partial charge in [-0.15, -0.1) is 11.3 Å². The van der Waals surface area contributed by atoms with E-state index in [4.69, 9.17) is 22.1 Å². The van der Waals surface area contributed by atoms with Crippen LogP contribution in [0.25, 0.3) is 21.0 Å². The molecule has 0 bridgehead atoms. The topological polar surface area (TPSA) is 48.1 Å². The highest BCUT2D eigenvalue weighted by atomic mass is 35.5. The molecule has 108 valence electrons. The van der Waals surface area contributed by atoms with Crippen molar-refractivity contribution in [3.8, 4) is 11.6 Å². The van der Waals surface area contributed by atoms with Crippen molar-refractivity contribution in [2.24, 2.45) is 0 Å². The summed E-state index contributed by atoms with van der Waals surface area (Å²) in [6.45, 7) is 0. The molecule has 0 amide bonds. The number of rotatable bonds is 2. The number of benzene rings is 2. The van der Waals surface area contributed by atoms with Gasteiger partial charge in [0.2, 0.25) is 5.88 Å². The lowest BCUT2D eigenvalue weighted by molar-refractivity contribution is 0.471. The lowest BCUT2D eigenvalue weighted by Crippen LogP contribution is -1.91. The SMILES string of the molecule is Nc1ccc2c(c1)nc(Oc1cccc(Cl)c1)c1ccsc12. The largest absolute Gasteiger partial charge is 0.438 e. The first-order valence-electron chi connectivity index (χ1n) is 6.70. The molecular formula is C17H11ClN2OS. The van der Waals surface area contributed by atoms with Crippen LogP contribution in [0.1, 0.15) is 0 Å². The molecule has 0 fully saturated rings. The van der Waals surface area contributed by atoms with Gasteiger partial charge in [0, 0.05) is 20.8 Å². The number of anilines is 1. The fourth-order valence-corrected chi connectivity index (χ4v) is 3.51. The fourth-order valence-electron chi connectivity index (χ4n) is 2.41. The van der Waals surface area contributed by atoms with Gasteiger partial charge < -0.3 is 10.5 Å². The lowest BCUT2D eigenvalue weighted by atomic mass is 10.1. The second kappa shape index (κ2) is 5.16. The second-order valence-electron chi connectivity index (χ2n) is 4.92. The second-order valence-corrected chi connectivity index (χ2v) is 6.27. The van der Waals surface area contributed by atoms with Crippen molar-refractivity contribution in [2.75, 3.05) is 5.73 Å². The number of nitrogen functional groups attached to an aromatic ring is 1. The Kier molecular flexibility index (Phi) is 3.13. The highest BCUT2D eigenvalue weighted by molar-refractivity contribution is 7.18. The van der Waals surface area contributed by atoms with E-state index >= 15 is 0 Å². The molecule has 0 aliphatic heterocycles. The molecule has 0 unspecified atom stereocenters. The Labute approximate surface area is 135 Å². The molecule has 4 aromatic rings. The monoisotopic (exact) mass is 326 g/mol. The zero-order valence-electron chi connectivity index (χ0n) is 11.4.